The standard InChI is InChI=1S/C13H18ClN5O2/c14-11-10(4-9(15)6-17-11)12(20)19-3-1-2-8(7-19)5-18-13(16)21/h4,6,8H,1-3,5,7,15H2,(H3,16,18,21). The number of amides is 3. The van der Waals surface area contributed by atoms with Crippen LogP contribution in [0.15, 0.2) is 12.3 Å². The number of halogens is 1. The highest BCUT2D eigenvalue weighted by Crippen LogP contribution is 2.22. The highest BCUT2D eigenvalue weighted by molar-refractivity contribution is 6.32. The SMILES string of the molecule is NC(=O)NCC1CCCN(C(=O)c2cc(N)cnc2Cl)C1. The third-order valence-corrected chi connectivity index (χ3v) is 3.76. The van der Waals surface area contributed by atoms with E-state index in [0.29, 0.717) is 30.9 Å². The summed E-state index contributed by atoms with van der Waals surface area (Å²) in [6.07, 6.45) is 3.21. The number of urea groups is 1. The second-order valence-electron chi connectivity index (χ2n) is 5.11. The van der Waals surface area contributed by atoms with E-state index in [0.717, 1.165) is 12.8 Å². The molecule has 0 aromatic carbocycles. The first-order valence-electron chi connectivity index (χ1n) is 6.71. The molecule has 0 spiro atoms. The van der Waals surface area contributed by atoms with Gasteiger partial charge in [0.1, 0.15) is 5.15 Å². The van der Waals surface area contributed by atoms with Crippen LogP contribution < -0.4 is 16.8 Å². The number of pyridine rings is 1. The summed E-state index contributed by atoms with van der Waals surface area (Å²) >= 11 is 5.96. The van der Waals surface area contributed by atoms with Crippen molar-refractivity contribution in [1.82, 2.24) is 15.2 Å². The van der Waals surface area contributed by atoms with Crippen molar-refractivity contribution in [2.45, 2.75) is 12.8 Å². The maximum absolute atomic E-state index is 12.5. The maximum Gasteiger partial charge on any atom is 0.312 e. The van der Waals surface area contributed by atoms with Gasteiger partial charge in [-0.05, 0) is 24.8 Å². The van der Waals surface area contributed by atoms with Gasteiger partial charge < -0.3 is 21.7 Å². The Labute approximate surface area is 127 Å². The highest BCUT2D eigenvalue weighted by Gasteiger charge is 2.26. The number of carbonyl (C=O) groups excluding carboxylic acids is 2. The first kappa shape index (κ1) is 15.4. The molecule has 5 N–H and O–H groups in total. The van der Waals surface area contributed by atoms with Gasteiger partial charge >= 0.3 is 6.03 Å². The molecule has 1 saturated heterocycles. The number of aromatic nitrogens is 1. The molecular formula is C13H18ClN5O2. The third kappa shape index (κ3) is 3.98. The Kier molecular flexibility index (Phi) is 4.85. The molecule has 2 heterocycles. The van der Waals surface area contributed by atoms with Gasteiger partial charge in [-0.15, -0.1) is 0 Å². The number of carbonyl (C=O) groups is 2. The molecule has 1 aromatic rings. The molecule has 21 heavy (non-hydrogen) atoms. The van der Waals surface area contributed by atoms with Gasteiger partial charge in [-0.25, -0.2) is 9.78 Å². The van der Waals surface area contributed by atoms with E-state index in [1.165, 1.54) is 12.3 Å². The number of anilines is 1. The quantitative estimate of drug-likeness (QED) is 0.717. The largest absolute Gasteiger partial charge is 0.397 e. The predicted octanol–water partition coefficient (Wildman–Crippen LogP) is 0.838. The summed E-state index contributed by atoms with van der Waals surface area (Å²) in [5.74, 6) is -0.00781. The van der Waals surface area contributed by atoms with Crippen LogP contribution in [0.2, 0.25) is 5.15 Å². The Hall–Kier alpha value is -2.02. The lowest BCUT2D eigenvalue weighted by Gasteiger charge is -2.33. The summed E-state index contributed by atoms with van der Waals surface area (Å²) in [6, 6.07) is 0.977. The number of rotatable bonds is 3. The van der Waals surface area contributed by atoms with Crippen LogP contribution in [0.5, 0.6) is 0 Å². The fraction of sp³-hybridized carbons (Fsp3) is 0.462. The number of nitrogens with one attached hydrogen (secondary N) is 1. The molecule has 1 aromatic heterocycles. The number of hydrogen-bond donors (Lipinski definition) is 3. The monoisotopic (exact) mass is 311 g/mol. The summed E-state index contributed by atoms with van der Waals surface area (Å²) in [4.78, 5) is 28.8. The Morgan fingerprint density at radius 1 is 1.52 bits per heavy atom. The Morgan fingerprint density at radius 3 is 3.00 bits per heavy atom. The van der Waals surface area contributed by atoms with E-state index in [-0.39, 0.29) is 17.0 Å². The van der Waals surface area contributed by atoms with Crippen LogP contribution in [0.25, 0.3) is 0 Å². The predicted molar refractivity (Wildman–Crippen MR) is 79.9 cm³/mol. The summed E-state index contributed by atoms with van der Waals surface area (Å²) in [5.41, 5.74) is 11.4. The number of hydrogen-bond acceptors (Lipinski definition) is 4. The lowest BCUT2D eigenvalue weighted by molar-refractivity contribution is 0.0675. The van der Waals surface area contributed by atoms with E-state index in [1.807, 2.05) is 0 Å². The van der Waals surface area contributed by atoms with E-state index in [9.17, 15) is 9.59 Å². The van der Waals surface area contributed by atoms with Crippen LogP contribution in [0.4, 0.5) is 10.5 Å². The molecule has 2 rings (SSSR count). The van der Waals surface area contributed by atoms with Crippen LogP contribution in [0.1, 0.15) is 23.2 Å². The molecule has 0 aliphatic carbocycles. The average molecular weight is 312 g/mol. The van der Waals surface area contributed by atoms with Crippen LogP contribution in [0.3, 0.4) is 0 Å². The first-order chi connectivity index (χ1) is 9.97. The lowest BCUT2D eigenvalue weighted by Crippen LogP contribution is -2.44. The molecule has 7 nitrogen and oxygen atoms in total. The fourth-order valence-corrected chi connectivity index (χ4v) is 2.63. The van der Waals surface area contributed by atoms with Crippen molar-refractivity contribution in [3.05, 3.63) is 23.0 Å². The Bertz CT molecular complexity index is 551. The van der Waals surface area contributed by atoms with Gasteiger partial charge in [0.25, 0.3) is 5.91 Å². The molecule has 1 unspecified atom stereocenters. The van der Waals surface area contributed by atoms with Gasteiger partial charge in [-0.3, -0.25) is 4.79 Å². The molecule has 3 amide bonds. The molecule has 1 aliphatic rings. The second kappa shape index (κ2) is 6.62. The topological polar surface area (TPSA) is 114 Å². The molecule has 114 valence electrons. The van der Waals surface area contributed by atoms with E-state index in [4.69, 9.17) is 23.1 Å². The molecular weight excluding hydrogens is 294 g/mol. The van der Waals surface area contributed by atoms with E-state index < -0.39 is 6.03 Å². The first-order valence-corrected chi connectivity index (χ1v) is 7.08. The van der Waals surface area contributed by atoms with Gasteiger partial charge in [0.2, 0.25) is 0 Å². The van der Waals surface area contributed by atoms with Crippen molar-refractivity contribution in [3.63, 3.8) is 0 Å². The fourth-order valence-electron chi connectivity index (χ4n) is 2.45. The summed E-state index contributed by atoms with van der Waals surface area (Å²) < 4.78 is 0. The smallest absolute Gasteiger partial charge is 0.312 e. The lowest BCUT2D eigenvalue weighted by atomic mass is 9.97. The normalized spacial score (nSPS) is 18.3. The van der Waals surface area contributed by atoms with E-state index in [1.54, 1.807) is 4.90 Å². The summed E-state index contributed by atoms with van der Waals surface area (Å²) in [7, 11) is 0. The van der Waals surface area contributed by atoms with Gasteiger partial charge in [-0.1, -0.05) is 11.6 Å². The van der Waals surface area contributed by atoms with Crippen molar-refractivity contribution >= 4 is 29.2 Å². The van der Waals surface area contributed by atoms with Gasteiger partial charge in [0, 0.05) is 19.6 Å². The number of piperidine rings is 1. The molecule has 8 heteroatoms. The number of nitrogens with zero attached hydrogens (tertiary/aromatic N) is 2. The second-order valence-corrected chi connectivity index (χ2v) is 5.47. The zero-order chi connectivity index (χ0) is 15.4. The van der Waals surface area contributed by atoms with Crippen LogP contribution in [0, 0.1) is 5.92 Å². The maximum atomic E-state index is 12.5. The molecule has 1 aliphatic heterocycles. The van der Waals surface area contributed by atoms with Gasteiger partial charge in [-0.2, -0.15) is 0 Å². The summed E-state index contributed by atoms with van der Waals surface area (Å²) in [6.45, 7) is 1.66. The van der Waals surface area contributed by atoms with Crippen LogP contribution in [-0.2, 0) is 0 Å². The zero-order valence-corrected chi connectivity index (χ0v) is 12.3. The molecule has 0 saturated carbocycles. The van der Waals surface area contributed by atoms with Crippen molar-refractivity contribution in [2.75, 3.05) is 25.4 Å². The van der Waals surface area contributed by atoms with Crippen LogP contribution >= 0.6 is 11.6 Å². The minimum absolute atomic E-state index is 0.145. The van der Waals surface area contributed by atoms with Gasteiger partial charge in [0.05, 0.1) is 17.4 Å². The highest BCUT2D eigenvalue weighted by atomic mass is 35.5. The summed E-state index contributed by atoms with van der Waals surface area (Å²) in [5, 5.41) is 2.72. The number of likely N-dealkylation sites (tertiary alicyclic amines) is 1. The average Bonchev–Trinajstić information content (AvgIpc) is 2.47. The minimum atomic E-state index is -0.554. The van der Waals surface area contributed by atoms with Crippen molar-refractivity contribution in [2.24, 2.45) is 11.7 Å². The molecule has 0 bridgehead atoms. The minimum Gasteiger partial charge on any atom is -0.397 e. The zero-order valence-electron chi connectivity index (χ0n) is 11.5. The Balaban J connectivity index is 2.05. The van der Waals surface area contributed by atoms with Crippen LogP contribution in [-0.4, -0.2) is 41.5 Å². The Morgan fingerprint density at radius 2 is 2.29 bits per heavy atom. The number of nitrogens with two attached hydrogens (primary N) is 2. The molecule has 0 radical (unpaired) electrons. The molecule has 1 atom stereocenters. The van der Waals surface area contributed by atoms with E-state index in [2.05, 4.69) is 10.3 Å². The molecule has 1 fully saturated rings. The van der Waals surface area contributed by atoms with Crippen molar-refractivity contribution in [3.8, 4) is 0 Å². The van der Waals surface area contributed by atoms with E-state index >= 15 is 0 Å². The van der Waals surface area contributed by atoms with Crippen molar-refractivity contribution in [1.29, 1.82) is 0 Å². The van der Waals surface area contributed by atoms with Gasteiger partial charge in [0.15, 0.2) is 0 Å². The van der Waals surface area contributed by atoms with Crippen molar-refractivity contribution < 1.29 is 9.59 Å². The number of primary amides is 1. The third-order valence-electron chi connectivity index (χ3n) is 3.46. The number of nitrogen functional groups attached to an aromatic ring is 1.